The number of aromatic nitrogens is 3. The van der Waals surface area contributed by atoms with Crippen LogP contribution in [-0.4, -0.2) is 76.7 Å². The smallest absolute Gasteiger partial charge is 0.377 e. The van der Waals surface area contributed by atoms with Gasteiger partial charge in [0.05, 0.1) is 23.9 Å². The summed E-state index contributed by atoms with van der Waals surface area (Å²) in [6, 6.07) is -0.183. The monoisotopic (exact) mass is 426 g/mol. The van der Waals surface area contributed by atoms with Gasteiger partial charge in [-0.1, -0.05) is 6.58 Å². The van der Waals surface area contributed by atoms with E-state index in [1.54, 1.807) is 4.90 Å². The molecule has 2 aromatic heterocycles. The first-order valence-corrected chi connectivity index (χ1v) is 9.11. The summed E-state index contributed by atoms with van der Waals surface area (Å²) in [5.74, 6) is -0.753. The van der Waals surface area contributed by atoms with Crippen molar-refractivity contribution in [1.29, 1.82) is 0 Å². The molecule has 0 aliphatic carbocycles. The Labute approximate surface area is 169 Å². The Kier molecular flexibility index (Phi) is 6.25. The van der Waals surface area contributed by atoms with E-state index in [9.17, 15) is 22.8 Å². The van der Waals surface area contributed by atoms with Gasteiger partial charge in [0.15, 0.2) is 5.65 Å². The normalized spacial score (nSPS) is 19.5. The Bertz CT molecular complexity index is 945. The number of hydrogen-bond acceptors (Lipinski definition) is 6. The molecule has 0 bridgehead atoms. The molecule has 0 aromatic carbocycles. The molecule has 1 aliphatic rings. The number of fused-ring (bicyclic) bond motifs is 1. The standard InChI is InChI=1S/C18H21F3N6O3/c1-3-14(28)27-5-4-11(12(8-27)30-2)25-13-7-23-16-15(26-13)10(6-22-16)17(29)24-9-18(19,20)21/h3,6-7,11-12H,1,4-5,8-9H2,2H3,(H,22,23)(H,24,29)(H,25,26)/t11-,12+/m0/s1. The third-order valence-electron chi connectivity index (χ3n) is 4.76. The zero-order valence-corrected chi connectivity index (χ0v) is 16.1. The van der Waals surface area contributed by atoms with Crippen molar-refractivity contribution in [2.75, 3.05) is 32.1 Å². The Morgan fingerprint density at radius 2 is 2.23 bits per heavy atom. The summed E-state index contributed by atoms with van der Waals surface area (Å²) in [5.41, 5.74) is 0.375. The van der Waals surface area contributed by atoms with Crippen molar-refractivity contribution in [3.8, 4) is 0 Å². The van der Waals surface area contributed by atoms with E-state index in [0.29, 0.717) is 25.3 Å². The van der Waals surface area contributed by atoms with Crippen molar-refractivity contribution in [2.45, 2.75) is 24.7 Å². The summed E-state index contributed by atoms with van der Waals surface area (Å²) in [7, 11) is 1.53. The van der Waals surface area contributed by atoms with Gasteiger partial charge in [-0.2, -0.15) is 13.2 Å². The van der Waals surface area contributed by atoms with Crippen molar-refractivity contribution < 1.29 is 27.5 Å². The molecule has 1 fully saturated rings. The number of anilines is 1. The zero-order valence-electron chi connectivity index (χ0n) is 16.1. The summed E-state index contributed by atoms with van der Waals surface area (Å²) in [4.78, 5) is 36.8. The number of aromatic amines is 1. The first kappa shape index (κ1) is 21.6. The fraction of sp³-hybridized carbons (Fsp3) is 0.444. The lowest BCUT2D eigenvalue weighted by atomic mass is 10.0. The number of carbonyl (C=O) groups excluding carboxylic acids is 2. The first-order valence-electron chi connectivity index (χ1n) is 9.11. The highest BCUT2D eigenvalue weighted by Gasteiger charge is 2.31. The molecule has 2 amide bonds. The molecule has 3 heterocycles. The number of ether oxygens (including phenoxy) is 1. The van der Waals surface area contributed by atoms with E-state index in [1.807, 2.05) is 5.32 Å². The number of nitrogens with zero attached hydrogens (tertiary/aromatic N) is 3. The second-order valence-electron chi connectivity index (χ2n) is 6.75. The van der Waals surface area contributed by atoms with Crippen LogP contribution in [0.25, 0.3) is 11.2 Å². The highest BCUT2D eigenvalue weighted by Crippen LogP contribution is 2.21. The second kappa shape index (κ2) is 8.69. The number of rotatable bonds is 6. The highest BCUT2D eigenvalue weighted by molar-refractivity contribution is 6.04. The fourth-order valence-corrected chi connectivity index (χ4v) is 3.25. The van der Waals surface area contributed by atoms with E-state index < -0.39 is 18.6 Å². The van der Waals surface area contributed by atoms with Gasteiger partial charge in [0.2, 0.25) is 5.91 Å². The lowest BCUT2D eigenvalue weighted by molar-refractivity contribution is -0.129. The second-order valence-corrected chi connectivity index (χ2v) is 6.75. The number of amides is 2. The SMILES string of the molecule is C=CC(=O)N1CC[C@H](Nc2cnc3[nH]cc(C(=O)NCC(F)(F)F)c3n2)[C@H](OC)C1. The predicted octanol–water partition coefficient (Wildman–Crippen LogP) is 1.46. The van der Waals surface area contributed by atoms with Crippen LogP contribution < -0.4 is 10.6 Å². The number of piperidine rings is 1. The van der Waals surface area contributed by atoms with Gasteiger partial charge in [-0.3, -0.25) is 9.59 Å². The third-order valence-corrected chi connectivity index (χ3v) is 4.76. The van der Waals surface area contributed by atoms with Crippen LogP contribution in [0.3, 0.4) is 0 Å². The van der Waals surface area contributed by atoms with Crippen LogP contribution >= 0.6 is 0 Å². The molecule has 2 atom stereocenters. The first-order chi connectivity index (χ1) is 14.2. The molecule has 12 heteroatoms. The van der Waals surface area contributed by atoms with Crippen molar-refractivity contribution in [3.63, 3.8) is 0 Å². The van der Waals surface area contributed by atoms with Gasteiger partial charge >= 0.3 is 6.18 Å². The number of hydrogen-bond donors (Lipinski definition) is 3. The van der Waals surface area contributed by atoms with Crippen molar-refractivity contribution >= 4 is 28.8 Å². The van der Waals surface area contributed by atoms with E-state index in [-0.39, 0.29) is 34.8 Å². The molecule has 0 unspecified atom stereocenters. The Hall–Kier alpha value is -3.15. The third kappa shape index (κ3) is 4.87. The minimum Gasteiger partial charge on any atom is -0.377 e. The van der Waals surface area contributed by atoms with Gasteiger partial charge in [0.25, 0.3) is 5.91 Å². The topological polar surface area (TPSA) is 112 Å². The summed E-state index contributed by atoms with van der Waals surface area (Å²) >= 11 is 0. The number of alkyl halides is 3. The molecule has 162 valence electrons. The number of H-pyrrole nitrogens is 1. The van der Waals surface area contributed by atoms with Crippen LogP contribution in [-0.2, 0) is 9.53 Å². The van der Waals surface area contributed by atoms with Crippen LogP contribution in [0.15, 0.2) is 25.0 Å². The van der Waals surface area contributed by atoms with Crippen molar-refractivity contribution in [1.82, 2.24) is 25.2 Å². The zero-order chi connectivity index (χ0) is 21.9. The van der Waals surface area contributed by atoms with E-state index in [4.69, 9.17) is 4.74 Å². The molecule has 2 aromatic rings. The van der Waals surface area contributed by atoms with Gasteiger partial charge in [0, 0.05) is 26.4 Å². The quantitative estimate of drug-likeness (QED) is 0.603. The lowest BCUT2D eigenvalue weighted by Gasteiger charge is -2.37. The molecule has 3 N–H and O–H groups in total. The van der Waals surface area contributed by atoms with Gasteiger partial charge in [-0.05, 0) is 12.5 Å². The average molecular weight is 426 g/mol. The maximum absolute atomic E-state index is 12.4. The molecule has 1 saturated heterocycles. The number of halogens is 3. The Morgan fingerprint density at radius 1 is 1.47 bits per heavy atom. The van der Waals surface area contributed by atoms with Gasteiger partial charge in [-0.25, -0.2) is 9.97 Å². The molecule has 0 spiro atoms. The molecule has 0 radical (unpaired) electrons. The summed E-state index contributed by atoms with van der Waals surface area (Å²) in [5, 5.41) is 4.99. The highest BCUT2D eigenvalue weighted by atomic mass is 19.4. The minimum atomic E-state index is -4.52. The van der Waals surface area contributed by atoms with Crippen molar-refractivity contribution in [3.05, 3.63) is 30.6 Å². The predicted molar refractivity (Wildman–Crippen MR) is 102 cm³/mol. The summed E-state index contributed by atoms with van der Waals surface area (Å²) in [6.07, 6.45) is -0.305. The maximum Gasteiger partial charge on any atom is 0.405 e. The molecular formula is C18H21F3N6O3. The van der Waals surface area contributed by atoms with Crippen LogP contribution in [0.5, 0.6) is 0 Å². The molecule has 30 heavy (non-hydrogen) atoms. The van der Waals surface area contributed by atoms with Crippen molar-refractivity contribution in [2.24, 2.45) is 0 Å². The van der Waals surface area contributed by atoms with Crippen LogP contribution in [0.1, 0.15) is 16.8 Å². The van der Waals surface area contributed by atoms with E-state index in [1.165, 1.54) is 25.6 Å². The number of carbonyl (C=O) groups is 2. The Morgan fingerprint density at radius 3 is 2.90 bits per heavy atom. The number of nitrogens with one attached hydrogen (secondary N) is 3. The van der Waals surface area contributed by atoms with Gasteiger partial charge < -0.3 is 25.3 Å². The largest absolute Gasteiger partial charge is 0.405 e. The average Bonchev–Trinajstić information content (AvgIpc) is 3.14. The molecule has 1 aliphatic heterocycles. The fourth-order valence-electron chi connectivity index (χ4n) is 3.25. The van der Waals surface area contributed by atoms with E-state index in [0.717, 1.165) is 0 Å². The minimum absolute atomic E-state index is 0.0416. The number of methoxy groups -OCH3 is 1. The summed E-state index contributed by atoms with van der Waals surface area (Å²) < 4.78 is 42.6. The number of likely N-dealkylation sites (tertiary alicyclic amines) is 1. The lowest BCUT2D eigenvalue weighted by Crippen LogP contribution is -2.52. The molecule has 3 rings (SSSR count). The van der Waals surface area contributed by atoms with Crippen LogP contribution in [0.2, 0.25) is 0 Å². The molecular weight excluding hydrogens is 405 g/mol. The molecule has 0 saturated carbocycles. The molecule has 9 nitrogen and oxygen atoms in total. The van der Waals surface area contributed by atoms with Gasteiger partial charge in [-0.15, -0.1) is 0 Å². The van der Waals surface area contributed by atoms with Gasteiger partial charge in [0.1, 0.15) is 17.9 Å². The Balaban J connectivity index is 1.75. The van der Waals surface area contributed by atoms with E-state index in [2.05, 4.69) is 26.8 Å². The van der Waals surface area contributed by atoms with Crippen LogP contribution in [0.4, 0.5) is 19.0 Å². The maximum atomic E-state index is 12.4. The summed E-state index contributed by atoms with van der Waals surface area (Å²) in [6.45, 7) is 2.90. The van der Waals surface area contributed by atoms with E-state index >= 15 is 0 Å². The van der Waals surface area contributed by atoms with Crippen LogP contribution in [0, 0.1) is 0 Å².